The molecule has 1 aliphatic heterocycles. The van der Waals surface area contributed by atoms with E-state index >= 15 is 0 Å². The van der Waals surface area contributed by atoms with Crippen LogP contribution in [0, 0.1) is 11.8 Å². The molecule has 2 rings (SSSR count). The molecule has 1 saturated heterocycles. The largest absolute Gasteiger partial charge is 0.481 e. The van der Waals surface area contributed by atoms with Gasteiger partial charge in [0, 0.05) is 19.1 Å². The number of aliphatic carboxylic acids is 1. The van der Waals surface area contributed by atoms with Gasteiger partial charge in [0.05, 0.1) is 5.92 Å². The molecule has 0 aromatic carbocycles. The molecule has 0 aromatic rings. The van der Waals surface area contributed by atoms with Gasteiger partial charge in [-0.25, -0.2) is 4.79 Å². The fraction of sp³-hybridized carbons (Fsp3) is 0.875. The molecule has 1 saturated carbocycles. The van der Waals surface area contributed by atoms with E-state index in [2.05, 4.69) is 5.32 Å². The molecule has 0 spiro atoms. The van der Waals surface area contributed by atoms with Crippen molar-refractivity contribution in [3.63, 3.8) is 0 Å². The topological polar surface area (TPSA) is 69.6 Å². The molecule has 0 aromatic heterocycles. The van der Waals surface area contributed by atoms with E-state index in [9.17, 15) is 9.59 Å². The minimum atomic E-state index is -0.762. The second kappa shape index (κ2) is 7.66. The normalized spacial score (nSPS) is 26.8. The van der Waals surface area contributed by atoms with Gasteiger partial charge in [0.1, 0.15) is 0 Å². The number of likely N-dealkylation sites (tertiary alicyclic amines) is 1. The molecule has 3 unspecified atom stereocenters. The molecule has 3 atom stereocenters. The molecule has 2 fully saturated rings. The first-order valence-corrected chi connectivity index (χ1v) is 8.37. The molecular formula is C16H28N2O3. The van der Waals surface area contributed by atoms with Crippen LogP contribution in [0.25, 0.3) is 0 Å². The van der Waals surface area contributed by atoms with E-state index in [-0.39, 0.29) is 11.9 Å². The third-order valence-electron chi connectivity index (χ3n) is 5.02. The van der Waals surface area contributed by atoms with Crippen LogP contribution < -0.4 is 5.32 Å². The second-order valence-electron chi connectivity index (χ2n) is 6.56. The predicted octanol–water partition coefficient (Wildman–Crippen LogP) is 2.85. The average molecular weight is 296 g/mol. The zero-order chi connectivity index (χ0) is 15.2. The highest BCUT2D eigenvalue weighted by Gasteiger charge is 2.35. The number of fused-ring (bicyclic) bond motifs is 1. The molecular weight excluding hydrogens is 268 g/mol. The summed E-state index contributed by atoms with van der Waals surface area (Å²) in [7, 11) is 0. The monoisotopic (exact) mass is 296 g/mol. The number of amides is 2. The summed E-state index contributed by atoms with van der Waals surface area (Å²) in [6.45, 7) is 3.16. The van der Waals surface area contributed by atoms with E-state index in [4.69, 9.17) is 5.11 Å². The van der Waals surface area contributed by atoms with Crippen molar-refractivity contribution in [3.05, 3.63) is 0 Å². The molecule has 2 amide bonds. The maximum Gasteiger partial charge on any atom is 0.317 e. The van der Waals surface area contributed by atoms with Crippen molar-refractivity contribution >= 4 is 12.0 Å². The molecule has 5 heteroatoms. The van der Waals surface area contributed by atoms with Crippen molar-refractivity contribution in [2.75, 3.05) is 13.1 Å². The third kappa shape index (κ3) is 4.35. The van der Waals surface area contributed by atoms with Crippen LogP contribution in [-0.4, -0.2) is 41.1 Å². The lowest BCUT2D eigenvalue weighted by atomic mass is 9.78. The van der Waals surface area contributed by atoms with Gasteiger partial charge in [-0.1, -0.05) is 19.8 Å². The maximum absolute atomic E-state index is 12.3. The molecule has 5 nitrogen and oxygen atoms in total. The number of rotatable bonds is 5. The minimum absolute atomic E-state index is 0.0505. The van der Waals surface area contributed by atoms with Gasteiger partial charge in [0.25, 0.3) is 0 Å². The highest BCUT2D eigenvalue weighted by atomic mass is 16.4. The lowest BCUT2D eigenvalue weighted by molar-refractivity contribution is -0.141. The summed E-state index contributed by atoms with van der Waals surface area (Å²) in [5.74, 6) is -0.396. The number of carboxylic acid groups (broad SMARTS) is 1. The molecule has 21 heavy (non-hydrogen) atoms. The first-order chi connectivity index (χ1) is 10.1. The number of carbonyl (C=O) groups is 2. The van der Waals surface area contributed by atoms with Gasteiger partial charge in [0.2, 0.25) is 0 Å². The summed E-state index contributed by atoms with van der Waals surface area (Å²) in [5, 5.41) is 11.8. The Kier molecular flexibility index (Phi) is 5.88. The molecule has 0 radical (unpaired) electrons. The van der Waals surface area contributed by atoms with Crippen molar-refractivity contribution in [3.8, 4) is 0 Å². The molecule has 1 aliphatic carbocycles. The molecule has 1 heterocycles. The van der Waals surface area contributed by atoms with E-state index < -0.39 is 5.97 Å². The summed E-state index contributed by atoms with van der Waals surface area (Å²) in [5.41, 5.74) is 0. The van der Waals surface area contributed by atoms with E-state index in [0.717, 1.165) is 25.8 Å². The van der Waals surface area contributed by atoms with Crippen LogP contribution >= 0.6 is 0 Å². The number of carboxylic acids is 1. The van der Waals surface area contributed by atoms with Gasteiger partial charge >= 0.3 is 12.0 Å². The number of carbonyl (C=O) groups excluding carboxylic acids is 1. The molecule has 2 aliphatic rings. The van der Waals surface area contributed by atoms with Crippen LogP contribution in [-0.2, 0) is 4.79 Å². The van der Waals surface area contributed by atoms with Crippen molar-refractivity contribution in [2.45, 2.75) is 64.3 Å². The summed E-state index contributed by atoms with van der Waals surface area (Å²) in [6.07, 6.45) is 8.68. The van der Waals surface area contributed by atoms with Crippen LogP contribution in [0.1, 0.15) is 58.3 Å². The Labute approximate surface area is 127 Å². The smallest absolute Gasteiger partial charge is 0.317 e. The quantitative estimate of drug-likeness (QED) is 0.766. The Hall–Kier alpha value is -1.26. The lowest BCUT2D eigenvalue weighted by Gasteiger charge is -2.44. The Balaban J connectivity index is 1.73. The van der Waals surface area contributed by atoms with Crippen molar-refractivity contribution in [1.82, 2.24) is 10.2 Å². The van der Waals surface area contributed by atoms with Gasteiger partial charge in [-0.3, -0.25) is 4.79 Å². The van der Waals surface area contributed by atoms with Crippen LogP contribution in [0.4, 0.5) is 4.79 Å². The molecule has 0 bridgehead atoms. The van der Waals surface area contributed by atoms with Gasteiger partial charge in [-0.15, -0.1) is 0 Å². The van der Waals surface area contributed by atoms with Crippen molar-refractivity contribution in [1.29, 1.82) is 0 Å². The molecule has 120 valence electrons. The van der Waals surface area contributed by atoms with Crippen LogP contribution in [0.15, 0.2) is 0 Å². The standard InChI is InChI=1S/C16H28N2O3/c1-12(15(19)20)6-4-10-17-16(21)18-11-5-8-13-7-2-3-9-14(13)18/h12-14H,2-11H2,1H3,(H,17,21)(H,19,20). The van der Waals surface area contributed by atoms with Crippen LogP contribution in [0.5, 0.6) is 0 Å². The number of urea groups is 1. The van der Waals surface area contributed by atoms with Crippen molar-refractivity contribution < 1.29 is 14.7 Å². The average Bonchev–Trinajstić information content (AvgIpc) is 2.50. The summed E-state index contributed by atoms with van der Waals surface area (Å²) >= 11 is 0. The van der Waals surface area contributed by atoms with Crippen LogP contribution in [0.2, 0.25) is 0 Å². The number of hydrogen-bond acceptors (Lipinski definition) is 2. The minimum Gasteiger partial charge on any atom is -0.481 e. The van der Waals surface area contributed by atoms with Crippen molar-refractivity contribution in [2.24, 2.45) is 11.8 Å². The predicted molar refractivity (Wildman–Crippen MR) is 81.1 cm³/mol. The number of nitrogens with zero attached hydrogens (tertiary/aromatic N) is 1. The fourth-order valence-electron chi connectivity index (χ4n) is 3.71. The van der Waals surface area contributed by atoms with E-state index in [0.29, 0.717) is 24.9 Å². The Bertz CT molecular complexity index is 371. The summed E-state index contributed by atoms with van der Waals surface area (Å²) in [4.78, 5) is 25.1. The Morgan fingerprint density at radius 1 is 1.24 bits per heavy atom. The number of nitrogens with one attached hydrogen (secondary N) is 1. The van der Waals surface area contributed by atoms with Gasteiger partial charge < -0.3 is 15.3 Å². The number of hydrogen-bond donors (Lipinski definition) is 2. The summed E-state index contributed by atoms with van der Waals surface area (Å²) < 4.78 is 0. The van der Waals surface area contributed by atoms with Gasteiger partial charge in [0.15, 0.2) is 0 Å². The highest BCUT2D eigenvalue weighted by Crippen LogP contribution is 2.35. The first-order valence-electron chi connectivity index (χ1n) is 8.37. The summed E-state index contributed by atoms with van der Waals surface area (Å²) in [6, 6.07) is 0.486. The second-order valence-corrected chi connectivity index (χ2v) is 6.56. The van der Waals surface area contributed by atoms with E-state index in [1.807, 2.05) is 4.90 Å². The zero-order valence-electron chi connectivity index (χ0n) is 13.0. The Morgan fingerprint density at radius 2 is 1.95 bits per heavy atom. The highest BCUT2D eigenvalue weighted by molar-refractivity contribution is 5.74. The first kappa shape index (κ1) is 16.1. The van der Waals surface area contributed by atoms with E-state index in [1.165, 1.54) is 25.7 Å². The van der Waals surface area contributed by atoms with Gasteiger partial charge in [-0.05, 0) is 44.4 Å². The third-order valence-corrected chi connectivity index (χ3v) is 5.02. The fourth-order valence-corrected chi connectivity index (χ4v) is 3.71. The van der Waals surface area contributed by atoms with E-state index in [1.54, 1.807) is 6.92 Å². The number of piperidine rings is 1. The SMILES string of the molecule is CC(CCCNC(=O)N1CCCC2CCCCC21)C(=O)O. The molecule has 2 N–H and O–H groups in total. The maximum atomic E-state index is 12.3. The Morgan fingerprint density at radius 3 is 2.71 bits per heavy atom. The zero-order valence-corrected chi connectivity index (χ0v) is 13.0. The van der Waals surface area contributed by atoms with Gasteiger partial charge in [-0.2, -0.15) is 0 Å². The lowest BCUT2D eigenvalue weighted by Crippen LogP contribution is -2.53. The van der Waals surface area contributed by atoms with Crippen LogP contribution in [0.3, 0.4) is 0 Å².